The molecule has 1 aliphatic rings. The molecule has 2 aromatic carbocycles. The van der Waals surface area contributed by atoms with E-state index in [1.807, 2.05) is 0 Å². The first-order valence-corrected chi connectivity index (χ1v) is 8.52. The Hall–Kier alpha value is -3.55. The fraction of sp³-hybridized carbons (Fsp3) is 0.250. The number of fused-ring (bicyclic) bond motifs is 1. The summed E-state index contributed by atoms with van der Waals surface area (Å²) in [5, 5.41) is 0. The van der Waals surface area contributed by atoms with Crippen LogP contribution in [-0.2, 0) is 16.0 Å². The maximum Gasteiger partial charge on any atom is 0.305 e. The van der Waals surface area contributed by atoms with Gasteiger partial charge in [-0.3, -0.25) is 14.4 Å². The largest absolute Gasteiger partial charge is 0.493 e. The third-order valence-corrected chi connectivity index (χ3v) is 4.60. The van der Waals surface area contributed by atoms with Crippen molar-refractivity contribution in [2.24, 2.45) is 0 Å². The van der Waals surface area contributed by atoms with E-state index in [2.05, 4.69) is 4.74 Å². The van der Waals surface area contributed by atoms with Gasteiger partial charge >= 0.3 is 5.97 Å². The highest BCUT2D eigenvalue weighted by atomic mass is 16.5. The third-order valence-electron chi connectivity index (χ3n) is 4.60. The second kappa shape index (κ2) is 7.59. The summed E-state index contributed by atoms with van der Waals surface area (Å²) < 4.78 is 15.5. The molecule has 0 fully saturated rings. The van der Waals surface area contributed by atoms with Crippen LogP contribution < -0.4 is 20.1 Å². The molecule has 8 nitrogen and oxygen atoms in total. The van der Waals surface area contributed by atoms with Gasteiger partial charge in [0.05, 0.1) is 32.5 Å². The first kappa shape index (κ1) is 19.2. The summed E-state index contributed by atoms with van der Waals surface area (Å²) in [4.78, 5) is 38.7. The lowest BCUT2D eigenvalue weighted by Gasteiger charge is -2.22. The van der Waals surface area contributed by atoms with Crippen LogP contribution in [0.1, 0.15) is 32.7 Å². The van der Waals surface area contributed by atoms with Gasteiger partial charge in [-0.25, -0.2) is 4.90 Å². The van der Waals surface area contributed by atoms with Crippen molar-refractivity contribution in [2.45, 2.75) is 12.8 Å². The normalized spacial score (nSPS) is 12.8. The van der Waals surface area contributed by atoms with Crippen LogP contribution in [0, 0.1) is 0 Å². The number of ether oxygens (including phenoxy) is 3. The standard InChI is InChI=1S/C20H20N2O6/c1-26-14-9-7-11(8-10-15(23)27-2)17(18(14)28-3)22-19(24)12-5-4-6-13(21)16(12)20(22)25/h4-7,9H,8,10,21H2,1-3H3. The molecular formula is C20H20N2O6. The molecule has 0 saturated heterocycles. The summed E-state index contributed by atoms with van der Waals surface area (Å²) in [5.74, 6) is -0.906. The molecule has 8 heteroatoms. The number of esters is 1. The van der Waals surface area contributed by atoms with Gasteiger partial charge in [-0.2, -0.15) is 0 Å². The molecule has 0 bridgehead atoms. The highest BCUT2D eigenvalue weighted by Crippen LogP contribution is 2.44. The zero-order chi connectivity index (χ0) is 20.4. The quantitative estimate of drug-likeness (QED) is 0.462. The number of benzene rings is 2. The number of imide groups is 1. The Balaban J connectivity index is 2.17. The van der Waals surface area contributed by atoms with Crippen LogP contribution in [-0.4, -0.2) is 39.1 Å². The van der Waals surface area contributed by atoms with Gasteiger partial charge in [0.25, 0.3) is 11.8 Å². The lowest BCUT2D eigenvalue weighted by atomic mass is 10.0. The van der Waals surface area contributed by atoms with Crippen LogP contribution in [0.25, 0.3) is 0 Å². The SMILES string of the molecule is COC(=O)CCc1ccc(OC)c(OC)c1N1C(=O)c2cccc(N)c2C1=O. The number of amides is 2. The molecule has 3 rings (SSSR count). The van der Waals surface area contributed by atoms with E-state index in [-0.39, 0.29) is 41.1 Å². The molecule has 2 amide bonds. The monoisotopic (exact) mass is 384 g/mol. The van der Waals surface area contributed by atoms with Crippen LogP contribution in [0.2, 0.25) is 0 Å². The van der Waals surface area contributed by atoms with E-state index in [1.54, 1.807) is 30.3 Å². The first-order valence-electron chi connectivity index (χ1n) is 8.52. The maximum atomic E-state index is 13.1. The van der Waals surface area contributed by atoms with Crippen molar-refractivity contribution in [3.63, 3.8) is 0 Å². The molecule has 0 aromatic heterocycles. The Labute approximate surface area is 161 Å². The van der Waals surface area contributed by atoms with E-state index in [0.717, 1.165) is 4.90 Å². The average Bonchev–Trinajstić information content (AvgIpc) is 2.96. The second-order valence-corrected chi connectivity index (χ2v) is 6.10. The summed E-state index contributed by atoms with van der Waals surface area (Å²) in [6, 6.07) is 8.07. The van der Waals surface area contributed by atoms with Crippen molar-refractivity contribution in [3.8, 4) is 11.5 Å². The number of carbonyl (C=O) groups is 3. The molecule has 1 aliphatic heterocycles. The van der Waals surface area contributed by atoms with Gasteiger partial charge in [-0.1, -0.05) is 12.1 Å². The van der Waals surface area contributed by atoms with Crippen LogP contribution in [0.4, 0.5) is 11.4 Å². The van der Waals surface area contributed by atoms with E-state index < -0.39 is 17.8 Å². The van der Waals surface area contributed by atoms with Gasteiger partial charge in [0.2, 0.25) is 0 Å². The van der Waals surface area contributed by atoms with Gasteiger partial charge < -0.3 is 19.9 Å². The Morgan fingerprint density at radius 1 is 1.04 bits per heavy atom. The number of carbonyl (C=O) groups excluding carboxylic acids is 3. The topological polar surface area (TPSA) is 108 Å². The van der Waals surface area contributed by atoms with Gasteiger partial charge in [-0.15, -0.1) is 0 Å². The minimum Gasteiger partial charge on any atom is -0.493 e. The first-order chi connectivity index (χ1) is 13.4. The summed E-state index contributed by atoms with van der Waals surface area (Å²) in [6.45, 7) is 0. The molecule has 2 aromatic rings. The molecule has 0 unspecified atom stereocenters. The number of hydrogen-bond donors (Lipinski definition) is 1. The van der Waals surface area contributed by atoms with E-state index in [4.69, 9.17) is 15.2 Å². The van der Waals surface area contributed by atoms with Crippen molar-refractivity contribution in [1.82, 2.24) is 0 Å². The van der Waals surface area contributed by atoms with Crippen molar-refractivity contribution in [3.05, 3.63) is 47.0 Å². The van der Waals surface area contributed by atoms with Crippen molar-refractivity contribution >= 4 is 29.2 Å². The molecule has 0 saturated carbocycles. The summed E-state index contributed by atoms with van der Waals surface area (Å²) in [5.41, 5.74) is 7.31. The molecule has 0 spiro atoms. The zero-order valence-corrected chi connectivity index (χ0v) is 15.8. The Morgan fingerprint density at radius 2 is 1.79 bits per heavy atom. The van der Waals surface area contributed by atoms with Crippen LogP contribution in [0.5, 0.6) is 11.5 Å². The highest BCUT2D eigenvalue weighted by Gasteiger charge is 2.41. The fourth-order valence-electron chi connectivity index (χ4n) is 3.25. The average molecular weight is 384 g/mol. The summed E-state index contributed by atoms with van der Waals surface area (Å²) >= 11 is 0. The fourth-order valence-corrected chi connectivity index (χ4v) is 3.25. The van der Waals surface area contributed by atoms with Crippen LogP contribution in [0.15, 0.2) is 30.3 Å². The van der Waals surface area contributed by atoms with Crippen LogP contribution >= 0.6 is 0 Å². The van der Waals surface area contributed by atoms with Crippen molar-refractivity contribution in [2.75, 3.05) is 32.0 Å². The Kier molecular flexibility index (Phi) is 5.21. The highest BCUT2D eigenvalue weighted by molar-refractivity contribution is 6.36. The Bertz CT molecular complexity index is 969. The number of nitrogens with two attached hydrogens (primary N) is 1. The molecule has 28 heavy (non-hydrogen) atoms. The van der Waals surface area contributed by atoms with Gasteiger partial charge in [-0.05, 0) is 30.2 Å². The van der Waals surface area contributed by atoms with E-state index in [9.17, 15) is 14.4 Å². The number of hydrogen-bond acceptors (Lipinski definition) is 7. The lowest BCUT2D eigenvalue weighted by molar-refractivity contribution is -0.140. The molecule has 0 aliphatic carbocycles. The molecule has 1 heterocycles. The number of anilines is 2. The minimum absolute atomic E-state index is 0.0737. The smallest absolute Gasteiger partial charge is 0.305 e. The molecule has 0 atom stereocenters. The number of nitrogens with zero attached hydrogens (tertiary/aromatic N) is 1. The molecule has 0 radical (unpaired) electrons. The zero-order valence-electron chi connectivity index (χ0n) is 15.8. The predicted molar refractivity (Wildman–Crippen MR) is 102 cm³/mol. The number of rotatable bonds is 6. The van der Waals surface area contributed by atoms with Crippen molar-refractivity contribution in [1.29, 1.82) is 0 Å². The number of nitrogen functional groups attached to an aromatic ring is 1. The lowest BCUT2D eigenvalue weighted by Crippen LogP contribution is -2.31. The van der Waals surface area contributed by atoms with E-state index in [1.165, 1.54) is 21.3 Å². The summed E-state index contributed by atoms with van der Waals surface area (Å²) in [7, 11) is 4.17. The van der Waals surface area contributed by atoms with E-state index >= 15 is 0 Å². The molecule has 146 valence electrons. The Morgan fingerprint density at radius 3 is 2.39 bits per heavy atom. The maximum absolute atomic E-state index is 13.1. The minimum atomic E-state index is -0.552. The second-order valence-electron chi connectivity index (χ2n) is 6.10. The third kappa shape index (κ3) is 3.02. The predicted octanol–water partition coefficient (Wildman–Crippen LogP) is 2.19. The van der Waals surface area contributed by atoms with Gasteiger partial charge in [0.1, 0.15) is 5.69 Å². The number of methoxy groups -OCH3 is 3. The molecule has 2 N–H and O–H groups in total. The van der Waals surface area contributed by atoms with Crippen LogP contribution in [0.3, 0.4) is 0 Å². The van der Waals surface area contributed by atoms with Gasteiger partial charge in [0.15, 0.2) is 11.5 Å². The van der Waals surface area contributed by atoms with Gasteiger partial charge in [0, 0.05) is 12.1 Å². The summed E-state index contributed by atoms with van der Waals surface area (Å²) in [6.07, 6.45) is 0.315. The van der Waals surface area contributed by atoms with Crippen molar-refractivity contribution < 1.29 is 28.6 Å². The number of aryl methyl sites for hydroxylation is 1. The van der Waals surface area contributed by atoms with E-state index in [0.29, 0.717) is 11.3 Å². The molecular weight excluding hydrogens is 364 g/mol.